The second-order valence-corrected chi connectivity index (χ2v) is 4.17. The van der Waals surface area contributed by atoms with Gasteiger partial charge in [0.25, 0.3) is 0 Å². The molecule has 4 nitrogen and oxygen atoms in total. The quantitative estimate of drug-likeness (QED) is 0.760. The highest BCUT2D eigenvalue weighted by atomic mass is 35.5. The predicted molar refractivity (Wildman–Crippen MR) is 69.1 cm³/mol. The molecule has 5 heteroatoms. The van der Waals surface area contributed by atoms with Gasteiger partial charge in [-0.25, -0.2) is 0 Å². The molecule has 0 amide bonds. The minimum atomic E-state index is 0.305. The van der Waals surface area contributed by atoms with Crippen molar-refractivity contribution in [2.75, 3.05) is 5.73 Å². The van der Waals surface area contributed by atoms with Crippen LogP contribution in [0, 0.1) is 0 Å². The number of furan rings is 1. The molecule has 0 saturated carbocycles. The molecule has 2 N–H and O–H groups in total. The molecule has 0 fully saturated rings. The molecule has 0 saturated heterocycles. The molecular formula is C13H9ClN2O2. The monoisotopic (exact) mass is 260 g/mol. The Balaban J connectivity index is 2.24. The van der Waals surface area contributed by atoms with Crippen molar-refractivity contribution >= 4 is 17.4 Å². The van der Waals surface area contributed by atoms with Gasteiger partial charge in [0.15, 0.2) is 11.6 Å². The number of benzene rings is 1. The summed E-state index contributed by atoms with van der Waals surface area (Å²) >= 11 is 6.17. The van der Waals surface area contributed by atoms with Crippen molar-refractivity contribution in [1.29, 1.82) is 0 Å². The maximum atomic E-state index is 6.17. The Morgan fingerprint density at radius 3 is 2.72 bits per heavy atom. The van der Waals surface area contributed by atoms with E-state index in [1.54, 1.807) is 24.7 Å². The minimum absolute atomic E-state index is 0.305. The zero-order valence-corrected chi connectivity index (χ0v) is 10.0. The summed E-state index contributed by atoms with van der Waals surface area (Å²) < 4.78 is 10.3. The fraction of sp³-hybridized carbons (Fsp3) is 0. The van der Waals surface area contributed by atoms with Crippen molar-refractivity contribution in [3.63, 3.8) is 0 Å². The Labute approximate surface area is 108 Å². The number of rotatable bonds is 2. The van der Waals surface area contributed by atoms with Gasteiger partial charge in [0.1, 0.15) is 6.26 Å². The fourth-order valence-electron chi connectivity index (χ4n) is 1.82. The third-order valence-electron chi connectivity index (χ3n) is 2.65. The summed E-state index contributed by atoms with van der Waals surface area (Å²) in [5.41, 5.74) is 8.10. The van der Waals surface area contributed by atoms with E-state index < -0.39 is 0 Å². The number of aromatic nitrogens is 1. The fourth-order valence-corrected chi connectivity index (χ4v) is 2.05. The van der Waals surface area contributed by atoms with Crippen LogP contribution in [-0.4, -0.2) is 5.16 Å². The summed E-state index contributed by atoms with van der Waals surface area (Å²) in [5.74, 6) is 0.855. The smallest absolute Gasteiger partial charge is 0.180 e. The van der Waals surface area contributed by atoms with E-state index >= 15 is 0 Å². The lowest BCUT2D eigenvalue weighted by Crippen LogP contribution is -1.89. The highest BCUT2D eigenvalue weighted by Crippen LogP contribution is 2.39. The van der Waals surface area contributed by atoms with Crippen molar-refractivity contribution in [3.8, 4) is 22.5 Å². The maximum absolute atomic E-state index is 6.17. The van der Waals surface area contributed by atoms with E-state index in [9.17, 15) is 0 Å². The Hall–Kier alpha value is -2.20. The van der Waals surface area contributed by atoms with E-state index in [4.69, 9.17) is 26.3 Å². The molecule has 0 aliphatic rings. The Morgan fingerprint density at radius 1 is 1.17 bits per heavy atom. The van der Waals surface area contributed by atoms with Gasteiger partial charge in [-0.3, -0.25) is 0 Å². The van der Waals surface area contributed by atoms with Gasteiger partial charge in [0.2, 0.25) is 0 Å². The first-order chi connectivity index (χ1) is 8.77. The van der Waals surface area contributed by atoms with Gasteiger partial charge >= 0.3 is 0 Å². The van der Waals surface area contributed by atoms with Crippen LogP contribution in [0.1, 0.15) is 0 Å². The molecule has 0 spiro atoms. The molecule has 0 radical (unpaired) electrons. The second-order valence-electron chi connectivity index (χ2n) is 3.76. The van der Waals surface area contributed by atoms with Gasteiger partial charge in [-0.1, -0.05) is 35.0 Å². The first-order valence-electron chi connectivity index (χ1n) is 5.30. The number of nitrogens with two attached hydrogens (primary N) is 1. The summed E-state index contributed by atoms with van der Waals surface area (Å²) in [6.45, 7) is 0. The number of nitrogens with zero attached hydrogens (tertiary/aromatic N) is 1. The van der Waals surface area contributed by atoms with Crippen LogP contribution in [-0.2, 0) is 0 Å². The first-order valence-corrected chi connectivity index (χ1v) is 5.68. The number of nitrogen functional groups attached to an aromatic ring is 1. The number of halogens is 1. The van der Waals surface area contributed by atoms with Crippen LogP contribution in [0.5, 0.6) is 0 Å². The van der Waals surface area contributed by atoms with Crippen molar-refractivity contribution in [2.24, 2.45) is 0 Å². The Kier molecular flexibility index (Phi) is 2.57. The predicted octanol–water partition coefficient (Wildman–Crippen LogP) is 3.84. The summed E-state index contributed by atoms with van der Waals surface area (Å²) in [6.07, 6.45) is 3.13. The summed E-state index contributed by atoms with van der Waals surface area (Å²) in [4.78, 5) is 0. The average molecular weight is 261 g/mol. The summed E-state index contributed by atoms with van der Waals surface area (Å²) in [6, 6.07) is 9.18. The molecule has 3 aromatic rings. The van der Waals surface area contributed by atoms with E-state index in [0.29, 0.717) is 22.2 Å². The van der Waals surface area contributed by atoms with Crippen LogP contribution in [0.25, 0.3) is 22.5 Å². The third-order valence-corrected chi connectivity index (χ3v) is 2.97. The van der Waals surface area contributed by atoms with Gasteiger partial charge < -0.3 is 14.7 Å². The molecule has 0 aliphatic heterocycles. The molecule has 0 atom stereocenters. The summed E-state index contributed by atoms with van der Waals surface area (Å²) in [7, 11) is 0. The zero-order valence-electron chi connectivity index (χ0n) is 9.26. The van der Waals surface area contributed by atoms with Crippen molar-refractivity contribution < 1.29 is 8.94 Å². The highest BCUT2D eigenvalue weighted by molar-refractivity contribution is 6.33. The SMILES string of the molecule is Nc1noc(-c2ccoc2)c1-c1ccccc1Cl. The summed E-state index contributed by atoms with van der Waals surface area (Å²) in [5, 5.41) is 4.39. The van der Waals surface area contributed by atoms with E-state index in [2.05, 4.69) is 5.16 Å². The Morgan fingerprint density at radius 2 is 2.00 bits per heavy atom. The molecule has 0 unspecified atom stereocenters. The molecule has 90 valence electrons. The number of hydrogen-bond acceptors (Lipinski definition) is 4. The number of hydrogen-bond donors (Lipinski definition) is 1. The van der Waals surface area contributed by atoms with Gasteiger partial charge in [0.05, 0.1) is 17.4 Å². The van der Waals surface area contributed by atoms with Gasteiger partial charge in [-0.2, -0.15) is 0 Å². The normalized spacial score (nSPS) is 10.7. The van der Waals surface area contributed by atoms with E-state index in [-0.39, 0.29) is 0 Å². The minimum Gasteiger partial charge on any atom is -0.472 e. The molecule has 0 aliphatic carbocycles. The third kappa shape index (κ3) is 1.67. The van der Waals surface area contributed by atoms with E-state index in [1.807, 2.05) is 18.2 Å². The zero-order chi connectivity index (χ0) is 12.5. The average Bonchev–Trinajstić information content (AvgIpc) is 2.99. The van der Waals surface area contributed by atoms with E-state index in [0.717, 1.165) is 11.1 Å². The van der Waals surface area contributed by atoms with Gasteiger partial charge in [-0.15, -0.1) is 0 Å². The van der Waals surface area contributed by atoms with Crippen molar-refractivity contribution in [2.45, 2.75) is 0 Å². The number of anilines is 1. The molecule has 2 heterocycles. The van der Waals surface area contributed by atoms with Crippen LogP contribution < -0.4 is 5.73 Å². The van der Waals surface area contributed by atoms with Crippen LogP contribution >= 0.6 is 11.6 Å². The first kappa shape index (κ1) is 10.9. The molecule has 3 rings (SSSR count). The van der Waals surface area contributed by atoms with Crippen LogP contribution in [0.4, 0.5) is 5.82 Å². The van der Waals surface area contributed by atoms with Crippen LogP contribution in [0.2, 0.25) is 5.02 Å². The van der Waals surface area contributed by atoms with E-state index in [1.165, 1.54) is 0 Å². The Bertz CT molecular complexity index is 674. The highest BCUT2D eigenvalue weighted by Gasteiger charge is 2.19. The van der Waals surface area contributed by atoms with Gasteiger partial charge in [0, 0.05) is 10.6 Å². The van der Waals surface area contributed by atoms with Gasteiger partial charge in [-0.05, 0) is 12.1 Å². The van der Waals surface area contributed by atoms with Crippen LogP contribution in [0.3, 0.4) is 0 Å². The molecule has 2 aromatic heterocycles. The standard InChI is InChI=1S/C13H9ClN2O2/c14-10-4-2-1-3-9(10)11-12(18-16-13(11)15)8-5-6-17-7-8/h1-7H,(H2,15,16). The lowest BCUT2D eigenvalue weighted by atomic mass is 10.0. The lowest BCUT2D eigenvalue weighted by molar-refractivity contribution is 0.435. The topological polar surface area (TPSA) is 65.2 Å². The largest absolute Gasteiger partial charge is 0.472 e. The molecular weight excluding hydrogens is 252 g/mol. The lowest BCUT2D eigenvalue weighted by Gasteiger charge is -2.03. The maximum Gasteiger partial charge on any atom is 0.180 e. The van der Waals surface area contributed by atoms with Crippen LogP contribution in [0.15, 0.2) is 51.8 Å². The second kappa shape index (κ2) is 4.23. The van der Waals surface area contributed by atoms with Crippen molar-refractivity contribution in [1.82, 2.24) is 5.16 Å². The van der Waals surface area contributed by atoms with Crippen molar-refractivity contribution in [3.05, 3.63) is 47.9 Å². The molecule has 1 aromatic carbocycles. The molecule has 18 heavy (non-hydrogen) atoms. The molecule has 0 bridgehead atoms.